The number of hydrogen-bond acceptors (Lipinski definition) is 3. The number of likely N-dealkylation sites (tertiary alicyclic amines) is 1. The molecule has 1 aliphatic heterocycles. The maximum absolute atomic E-state index is 12.2. The SMILES string of the molecule is Cc1cc(-c2ccccc2)nn(CCN2CCCC2)c1=O. The van der Waals surface area contributed by atoms with E-state index in [2.05, 4.69) is 10.00 Å². The summed E-state index contributed by atoms with van der Waals surface area (Å²) in [7, 11) is 0. The van der Waals surface area contributed by atoms with E-state index in [0.717, 1.165) is 36.5 Å². The van der Waals surface area contributed by atoms with Gasteiger partial charge < -0.3 is 4.90 Å². The molecule has 1 fully saturated rings. The minimum Gasteiger partial charge on any atom is -0.301 e. The fourth-order valence-corrected chi connectivity index (χ4v) is 2.82. The second-order valence-corrected chi connectivity index (χ2v) is 5.66. The molecule has 1 saturated heterocycles. The topological polar surface area (TPSA) is 38.1 Å². The smallest absolute Gasteiger partial charge is 0.269 e. The van der Waals surface area contributed by atoms with Gasteiger partial charge in [0.2, 0.25) is 0 Å². The lowest BCUT2D eigenvalue weighted by Gasteiger charge is -2.15. The summed E-state index contributed by atoms with van der Waals surface area (Å²) in [5.74, 6) is 0. The highest BCUT2D eigenvalue weighted by Crippen LogP contribution is 2.15. The zero-order valence-electron chi connectivity index (χ0n) is 12.5. The Kier molecular flexibility index (Phi) is 4.15. The number of aryl methyl sites for hydroxylation is 1. The van der Waals surface area contributed by atoms with Crippen LogP contribution in [0.1, 0.15) is 18.4 Å². The Morgan fingerprint density at radius 2 is 1.81 bits per heavy atom. The number of benzene rings is 1. The number of hydrogen-bond donors (Lipinski definition) is 0. The van der Waals surface area contributed by atoms with Crippen LogP contribution in [0.4, 0.5) is 0 Å². The van der Waals surface area contributed by atoms with E-state index >= 15 is 0 Å². The van der Waals surface area contributed by atoms with Gasteiger partial charge in [-0.15, -0.1) is 0 Å². The van der Waals surface area contributed by atoms with Gasteiger partial charge in [0.1, 0.15) is 0 Å². The van der Waals surface area contributed by atoms with Crippen LogP contribution in [0.5, 0.6) is 0 Å². The molecule has 1 aliphatic rings. The summed E-state index contributed by atoms with van der Waals surface area (Å²) in [6.07, 6.45) is 2.54. The van der Waals surface area contributed by atoms with E-state index in [1.54, 1.807) is 4.68 Å². The molecule has 0 spiro atoms. The fourth-order valence-electron chi connectivity index (χ4n) is 2.82. The highest BCUT2D eigenvalue weighted by atomic mass is 16.1. The second-order valence-electron chi connectivity index (χ2n) is 5.66. The van der Waals surface area contributed by atoms with Crippen LogP contribution in [0.25, 0.3) is 11.3 Å². The van der Waals surface area contributed by atoms with Crippen LogP contribution >= 0.6 is 0 Å². The average Bonchev–Trinajstić information content (AvgIpc) is 3.03. The molecule has 4 nitrogen and oxygen atoms in total. The van der Waals surface area contributed by atoms with Crippen LogP contribution in [-0.4, -0.2) is 34.3 Å². The minimum atomic E-state index is 0.0221. The Hall–Kier alpha value is -1.94. The zero-order chi connectivity index (χ0) is 14.7. The van der Waals surface area contributed by atoms with Gasteiger partial charge in [-0.2, -0.15) is 5.10 Å². The summed E-state index contributed by atoms with van der Waals surface area (Å²) in [5, 5.41) is 4.54. The third kappa shape index (κ3) is 3.22. The quantitative estimate of drug-likeness (QED) is 0.864. The van der Waals surface area contributed by atoms with Crippen LogP contribution in [0.3, 0.4) is 0 Å². The molecule has 1 aromatic heterocycles. The number of rotatable bonds is 4. The molecule has 2 heterocycles. The largest absolute Gasteiger partial charge is 0.301 e. The van der Waals surface area contributed by atoms with Crippen LogP contribution in [0.2, 0.25) is 0 Å². The molecular formula is C17H21N3O. The van der Waals surface area contributed by atoms with E-state index in [1.807, 2.05) is 43.3 Å². The molecule has 0 aliphatic carbocycles. The van der Waals surface area contributed by atoms with Gasteiger partial charge in [-0.25, -0.2) is 4.68 Å². The van der Waals surface area contributed by atoms with E-state index < -0.39 is 0 Å². The molecule has 21 heavy (non-hydrogen) atoms. The molecule has 0 saturated carbocycles. The van der Waals surface area contributed by atoms with E-state index in [4.69, 9.17) is 0 Å². The first kappa shape index (κ1) is 14.0. The molecule has 2 aromatic rings. The van der Waals surface area contributed by atoms with Gasteiger partial charge in [0, 0.05) is 17.7 Å². The van der Waals surface area contributed by atoms with Gasteiger partial charge in [-0.05, 0) is 38.9 Å². The zero-order valence-corrected chi connectivity index (χ0v) is 12.5. The lowest BCUT2D eigenvalue weighted by atomic mass is 10.1. The molecular weight excluding hydrogens is 262 g/mol. The van der Waals surface area contributed by atoms with Gasteiger partial charge in [0.25, 0.3) is 5.56 Å². The summed E-state index contributed by atoms with van der Waals surface area (Å²) in [4.78, 5) is 14.6. The predicted molar refractivity (Wildman–Crippen MR) is 84.3 cm³/mol. The normalized spacial score (nSPS) is 15.5. The van der Waals surface area contributed by atoms with Gasteiger partial charge in [0.15, 0.2) is 0 Å². The third-order valence-electron chi connectivity index (χ3n) is 4.05. The highest BCUT2D eigenvalue weighted by molar-refractivity contribution is 5.58. The van der Waals surface area contributed by atoms with Crippen molar-refractivity contribution in [3.63, 3.8) is 0 Å². The molecule has 110 valence electrons. The van der Waals surface area contributed by atoms with Gasteiger partial charge in [-0.3, -0.25) is 4.79 Å². The Morgan fingerprint density at radius 1 is 1.10 bits per heavy atom. The molecule has 0 bridgehead atoms. The second kappa shape index (κ2) is 6.22. The molecule has 1 aromatic carbocycles. The Morgan fingerprint density at radius 3 is 2.52 bits per heavy atom. The van der Waals surface area contributed by atoms with Crippen LogP contribution in [-0.2, 0) is 6.54 Å². The summed E-state index contributed by atoms with van der Waals surface area (Å²) in [5.41, 5.74) is 2.70. The van der Waals surface area contributed by atoms with E-state index in [1.165, 1.54) is 12.8 Å². The van der Waals surface area contributed by atoms with Crippen molar-refractivity contribution in [3.05, 3.63) is 52.3 Å². The predicted octanol–water partition coefficient (Wildman–Crippen LogP) is 2.31. The fraction of sp³-hybridized carbons (Fsp3) is 0.412. The Balaban J connectivity index is 1.85. The van der Waals surface area contributed by atoms with E-state index in [-0.39, 0.29) is 5.56 Å². The van der Waals surface area contributed by atoms with Gasteiger partial charge in [-0.1, -0.05) is 30.3 Å². The van der Waals surface area contributed by atoms with Gasteiger partial charge >= 0.3 is 0 Å². The van der Waals surface area contributed by atoms with Crippen molar-refractivity contribution in [3.8, 4) is 11.3 Å². The maximum Gasteiger partial charge on any atom is 0.269 e. The first-order chi connectivity index (χ1) is 10.2. The van der Waals surface area contributed by atoms with Crippen molar-refractivity contribution in [1.29, 1.82) is 0 Å². The first-order valence-electron chi connectivity index (χ1n) is 7.60. The Bertz CT molecular complexity index is 657. The lowest BCUT2D eigenvalue weighted by molar-refractivity contribution is 0.312. The maximum atomic E-state index is 12.2. The average molecular weight is 283 g/mol. The molecule has 0 N–H and O–H groups in total. The highest BCUT2D eigenvalue weighted by Gasteiger charge is 2.12. The number of nitrogens with zero attached hydrogens (tertiary/aromatic N) is 3. The van der Waals surface area contributed by atoms with Crippen molar-refractivity contribution in [2.45, 2.75) is 26.3 Å². The lowest BCUT2D eigenvalue weighted by Crippen LogP contribution is -2.31. The number of aromatic nitrogens is 2. The van der Waals surface area contributed by atoms with Crippen molar-refractivity contribution in [2.75, 3.05) is 19.6 Å². The molecule has 4 heteroatoms. The standard InChI is InChI=1S/C17H21N3O/c1-14-13-16(15-7-3-2-4-8-15)18-20(17(14)21)12-11-19-9-5-6-10-19/h2-4,7-8,13H,5-6,9-12H2,1H3. The first-order valence-corrected chi connectivity index (χ1v) is 7.60. The minimum absolute atomic E-state index is 0.0221. The summed E-state index contributed by atoms with van der Waals surface area (Å²) in [6.45, 7) is 5.73. The van der Waals surface area contributed by atoms with Crippen molar-refractivity contribution >= 4 is 0 Å². The third-order valence-corrected chi connectivity index (χ3v) is 4.05. The summed E-state index contributed by atoms with van der Waals surface area (Å²) in [6, 6.07) is 11.9. The van der Waals surface area contributed by atoms with Crippen molar-refractivity contribution in [2.24, 2.45) is 0 Å². The Labute approximate surface area is 125 Å². The van der Waals surface area contributed by atoms with E-state index in [0.29, 0.717) is 6.54 Å². The summed E-state index contributed by atoms with van der Waals surface area (Å²) < 4.78 is 1.62. The molecule has 0 unspecified atom stereocenters. The molecule has 0 radical (unpaired) electrons. The molecule has 0 amide bonds. The van der Waals surface area contributed by atoms with Crippen LogP contribution in [0, 0.1) is 6.92 Å². The van der Waals surface area contributed by atoms with Crippen LogP contribution < -0.4 is 5.56 Å². The summed E-state index contributed by atoms with van der Waals surface area (Å²) >= 11 is 0. The monoisotopic (exact) mass is 283 g/mol. The van der Waals surface area contributed by atoms with Crippen molar-refractivity contribution < 1.29 is 0 Å². The van der Waals surface area contributed by atoms with E-state index in [9.17, 15) is 4.79 Å². The van der Waals surface area contributed by atoms with Crippen LogP contribution in [0.15, 0.2) is 41.2 Å². The molecule has 3 rings (SSSR count). The van der Waals surface area contributed by atoms with Crippen molar-refractivity contribution in [1.82, 2.24) is 14.7 Å². The van der Waals surface area contributed by atoms with Gasteiger partial charge in [0.05, 0.1) is 12.2 Å². The molecule has 0 atom stereocenters.